The number of aromatic nitrogens is 1. The normalized spacial score (nSPS) is 13.6. The molecule has 0 bridgehead atoms. The van der Waals surface area contributed by atoms with Gasteiger partial charge >= 0.3 is 49.4 Å². The lowest BCUT2D eigenvalue weighted by molar-refractivity contribution is -0.683. The first kappa shape index (κ1) is 61.6. The van der Waals surface area contributed by atoms with Gasteiger partial charge in [-0.25, -0.2) is 0 Å². The molecule has 30 heteroatoms. The van der Waals surface area contributed by atoms with Crippen LogP contribution in [0.3, 0.4) is 0 Å². The Balaban J connectivity index is 0.000000468. The molecule has 0 saturated carbocycles. The molecule has 2 nitrogen and oxygen atoms in total. The quantitative estimate of drug-likeness (QED) is 0.0513. The molecule has 0 amide bonds. The highest BCUT2D eigenvalue weighted by Crippen LogP contribution is 2.44. The number of benzene rings is 5. The van der Waals surface area contributed by atoms with Gasteiger partial charge in [-0.15, -0.1) is 0 Å². The first-order valence-electron chi connectivity index (χ1n) is 20.2. The Kier molecular flexibility index (Phi) is 17.2. The van der Waals surface area contributed by atoms with Gasteiger partial charge in [-0.1, -0.05) is 127 Å². The van der Waals surface area contributed by atoms with E-state index in [9.17, 15) is 110 Å². The Labute approximate surface area is 436 Å². The maximum atomic E-state index is 14.2. The molecule has 0 aliphatic heterocycles. The third-order valence-electron chi connectivity index (χ3n) is 11.1. The van der Waals surface area contributed by atoms with E-state index in [1.54, 1.807) is 0 Å². The van der Waals surface area contributed by atoms with Crippen LogP contribution in [0, 0.1) is 0 Å². The number of nitrogens with zero attached hydrogens (tertiary/aromatic N) is 1. The molecule has 1 heterocycles. The van der Waals surface area contributed by atoms with E-state index >= 15 is 0 Å². The highest BCUT2D eigenvalue weighted by atomic mass is 80.0. The van der Waals surface area contributed by atoms with Crippen molar-refractivity contribution in [2.24, 2.45) is 0 Å². The molecule has 5 aromatic carbocycles. The highest BCUT2D eigenvalue weighted by molar-refractivity contribution is 9.38. The van der Waals surface area contributed by atoms with Gasteiger partial charge in [-0.05, 0) is 24.3 Å². The van der Waals surface area contributed by atoms with Crippen LogP contribution in [-0.4, -0.2) is 11.9 Å². The van der Waals surface area contributed by atoms with E-state index in [0.29, 0.717) is 6.54 Å². The molecule has 1 aromatic heterocycles. The fraction of sp³-hybridized carbons (Fsp3) is 0.217. The van der Waals surface area contributed by atoms with E-state index in [-0.39, 0.29) is 5.78 Å². The molecule has 0 fully saturated rings. The Hall–Kier alpha value is -5.26. The summed E-state index contributed by atoms with van der Waals surface area (Å²) in [7, 11) is 0. The summed E-state index contributed by atoms with van der Waals surface area (Å²) in [5.41, 5.74) is -28.4. The summed E-state index contributed by atoms with van der Waals surface area (Å²) in [4.78, 5) is 12.0. The summed E-state index contributed by atoms with van der Waals surface area (Å²) >= 11 is 10.4. The fourth-order valence-electron chi connectivity index (χ4n) is 7.70. The van der Waals surface area contributed by atoms with Crippen LogP contribution in [0.1, 0.15) is 60.4 Å². The predicted octanol–water partition coefficient (Wildman–Crippen LogP) is 15.4. The van der Waals surface area contributed by atoms with Crippen LogP contribution in [0.4, 0.5) is 105 Å². The Morgan fingerprint density at radius 3 is 0.763 bits per heavy atom. The van der Waals surface area contributed by atoms with E-state index in [1.807, 2.05) is 59.4 Å². The van der Waals surface area contributed by atoms with Crippen molar-refractivity contribution >= 4 is 81.6 Å². The highest BCUT2D eigenvalue weighted by Gasteiger charge is 2.47. The molecule has 0 radical (unpaired) electrons. The summed E-state index contributed by atoms with van der Waals surface area (Å²) in [5, 5.41) is 0. The van der Waals surface area contributed by atoms with Crippen LogP contribution < -0.4 is 26.4 Å². The van der Waals surface area contributed by atoms with E-state index < -0.39 is 197 Å². The summed E-state index contributed by atoms with van der Waals surface area (Å²) in [6.45, 7) is 0.337. The summed E-state index contributed by atoms with van der Waals surface area (Å²) < 4.78 is 342. The standard InChI is InChI=1S/C32H12BF24.C14H11Br3NO/c34-25(35,36)13-1-14(26(37,38)39)6-21(5-13)33(22-7-15(27(40,41)42)2-16(8-22)28(43,44)45,23-9-17(29(46,47)48)3-18(10-23)30(49,50)51)24-11-19(31(52,53)54)4-20(12-24)32(55,56)57;15-14(16,17)12-6-8-18(9-7-12)10-13(19)11-4-2-1-3-5-11/h1-12H;1-9H,10H2/q-1;+1. The van der Waals surface area contributed by atoms with Gasteiger partial charge in [0.05, 0.1) is 44.5 Å². The van der Waals surface area contributed by atoms with Crippen molar-refractivity contribution in [2.75, 3.05) is 0 Å². The van der Waals surface area contributed by atoms with Crippen LogP contribution in [0.15, 0.2) is 128 Å². The van der Waals surface area contributed by atoms with Crippen molar-refractivity contribution in [3.63, 3.8) is 0 Å². The van der Waals surface area contributed by atoms with Crippen molar-refractivity contribution in [3.05, 3.63) is 183 Å². The van der Waals surface area contributed by atoms with Gasteiger partial charge < -0.3 is 0 Å². The van der Waals surface area contributed by atoms with Gasteiger partial charge in [-0.3, -0.25) is 4.79 Å². The molecular formula is C46H23BBr3F24NO. The topological polar surface area (TPSA) is 20.9 Å². The molecule has 0 spiro atoms. The van der Waals surface area contributed by atoms with Crippen LogP contribution in [0.25, 0.3) is 0 Å². The number of hydrogen-bond acceptors (Lipinski definition) is 1. The number of halogens is 27. The Morgan fingerprint density at radius 1 is 0.342 bits per heavy atom. The van der Waals surface area contributed by atoms with Gasteiger partial charge in [-0.2, -0.15) is 132 Å². The first-order valence-corrected chi connectivity index (χ1v) is 22.6. The zero-order chi connectivity index (χ0) is 57.8. The minimum absolute atomic E-state index is 0.0983. The van der Waals surface area contributed by atoms with Crippen molar-refractivity contribution in [3.8, 4) is 0 Å². The lowest BCUT2D eigenvalue weighted by Gasteiger charge is -2.46. The van der Waals surface area contributed by atoms with Crippen LogP contribution >= 0.6 is 47.8 Å². The van der Waals surface area contributed by atoms with E-state index in [4.69, 9.17) is 0 Å². The minimum atomic E-state index is -6.13. The molecular weight excluding hydrogens is 1290 g/mol. The molecule has 410 valence electrons. The van der Waals surface area contributed by atoms with Gasteiger partial charge in [0.25, 0.3) is 0 Å². The van der Waals surface area contributed by atoms with E-state index in [2.05, 4.69) is 47.8 Å². The number of rotatable bonds is 7. The molecule has 6 aromatic rings. The molecule has 0 N–H and O–H groups in total. The molecule has 0 unspecified atom stereocenters. The van der Waals surface area contributed by atoms with E-state index in [1.165, 1.54) is 0 Å². The second kappa shape index (κ2) is 21.2. The van der Waals surface area contributed by atoms with Gasteiger partial charge in [0, 0.05) is 23.3 Å². The van der Waals surface area contributed by atoms with Crippen molar-refractivity contribution < 1.29 is 115 Å². The lowest BCUT2D eigenvalue weighted by Crippen LogP contribution is -2.75. The van der Waals surface area contributed by atoms with Gasteiger partial charge in [0.2, 0.25) is 12.3 Å². The average Bonchev–Trinajstić information content (AvgIpc) is 3.27. The predicted molar refractivity (Wildman–Crippen MR) is 236 cm³/mol. The maximum Gasteiger partial charge on any atom is 0.416 e. The van der Waals surface area contributed by atoms with Crippen LogP contribution in [-0.2, 0) is 58.1 Å². The summed E-state index contributed by atoms with van der Waals surface area (Å²) in [6.07, 6.45) is -51.0. The first-order chi connectivity index (χ1) is 34.2. The monoisotopic (exact) mass is 1310 g/mol. The lowest BCUT2D eigenvalue weighted by atomic mass is 9.12. The number of ketones is 1. The molecule has 6 rings (SSSR count). The number of alkyl halides is 27. The minimum Gasteiger partial charge on any atom is -0.287 e. The second-order valence-corrected chi connectivity index (χ2v) is 23.0. The maximum absolute atomic E-state index is 14.2. The SMILES string of the molecule is FC(F)(F)c1cc([B-](c2cc(C(F)(F)F)cc(C(F)(F)F)c2)(c2cc(C(F)(F)F)cc(C(F)(F)F)c2)c2cc(C(F)(F)F)cc(C(F)(F)F)c2)cc(C(F)(F)F)c1.O=C(C[n+]1ccc(C(Br)(Br)Br)cc1)c1ccccc1. The molecule has 0 atom stereocenters. The third kappa shape index (κ3) is 14.7. The van der Waals surface area contributed by atoms with Crippen LogP contribution in [0.5, 0.6) is 0 Å². The summed E-state index contributed by atoms with van der Waals surface area (Å²) in [6, 6.07) is 4.38. The van der Waals surface area contributed by atoms with Gasteiger partial charge in [0.15, 0.2) is 14.5 Å². The Bertz CT molecular complexity index is 2620. The van der Waals surface area contributed by atoms with Crippen molar-refractivity contribution in [1.82, 2.24) is 0 Å². The van der Waals surface area contributed by atoms with E-state index in [0.717, 1.165) is 11.1 Å². The number of Topliss-reactive ketones (excluding diaryl/α,β-unsaturated/α-hetero) is 1. The molecule has 76 heavy (non-hydrogen) atoms. The number of hydrogen-bond donors (Lipinski definition) is 0. The average molecular weight is 1310 g/mol. The molecule has 0 saturated heterocycles. The second-order valence-electron chi connectivity index (χ2n) is 16.3. The zero-order valence-electron chi connectivity index (χ0n) is 36.5. The number of carbonyl (C=O) groups is 1. The number of pyridine rings is 1. The fourth-order valence-corrected chi connectivity index (χ4v) is 8.50. The van der Waals surface area contributed by atoms with Crippen molar-refractivity contribution in [1.29, 1.82) is 0 Å². The van der Waals surface area contributed by atoms with Crippen LogP contribution in [0.2, 0.25) is 0 Å². The summed E-state index contributed by atoms with van der Waals surface area (Å²) in [5.74, 6) is 0.0983. The molecule has 0 aliphatic carbocycles. The number of carbonyl (C=O) groups excluding carboxylic acids is 1. The Morgan fingerprint density at radius 2 is 0.566 bits per heavy atom. The van der Waals surface area contributed by atoms with Gasteiger partial charge in [0.1, 0.15) is 6.15 Å². The largest absolute Gasteiger partial charge is 0.416 e. The smallest absolute Gasteiger partial charge is 0.287 e. The zero-order valence-corrected chi connectivity index (χ0v) is 41.2. The molecule has 0 aliphatic rings. The third-order valence-corrected chi connectivity index (χ3v) is 12.5. The van der Waals surface area contributed by atoms with Crippen molar-refractivity contribution in [2.45, 2.75) is 58.1 Å².